The molecule has 1 aliphatic carbocycles. The van der Waals surface area contributed by atoms with Crippen molar-refractivity contribution >= 4 is 0 Å². The topological polar surface area (TPSA) is 0 Å². The van der Waals surface area contributed by atoms with Gasteiger partial charge in [0.05, 0.1) is 0 Å². The molecular weight excluding hydrogens is 240 g/mol. The normalized spacial score (nSPS) is 34.0. The van der Waals surface area contributed by atoms with Crippen LogP contribution in [0.15, 0.2) is 47.6 Å². The van der Waals surface area contributed by atoms with Gasteiger partial charge >= 0.3 is 0 Å². The predicted octanol–water partition coefficient (Wildman–Crippen LogP) is 6.62. The van der Waals surface area contributed by atoms with Crippen molar-refractivity contribution < 1.29 is 0 Å². The minimum Gasteiger partial charge on any atom is -0.103 e. The molecule has 0 aromatic carbocycles. The van der Waals surface area contributed by atoms with E-state index < -0.39 is 0 Å². The predicted molar refractivity (Wildman–Crippen MR) is 91.8 cm³/mol. The van der Waals surface area contributed by atoms with Crippen LogP contribution in [0.3, 0.4) is 0 Å². The second-order valence-corrected chi connectivity index (χ2v) is 6.94. The summed E-state index contributed by atoms with van der Waals surface area (Å²) in [4.78, 5) is 0. The maximum absolute atomic E-state index is 4.13. The van der Waals surface area contributed by atoms with Crippen LogP contribution in [0.5, 0.6) is 0 Å². The maximum Gasteiger partial charge on any atom is -0.00517 e. The Morgan fingerprint density at radius 1 is 1.20 bits per heavy atom. The van der Waals surface area contributed by atoms with Gasteiger partial charge in [-0.15, -0.1) is 6.58 Å². The van der Waals surface area contributed by atoms with Gasteiger partial charge in [-0.2, -0.15) is 0 Å². The van der Waals surface area contributed by atoms with E-state index in [9.17, 15) is 0 Å². The van der Waals surface area contributed by atoms with Gasteiger partial charge in [0.15, 0.2) is 0 Å². The summed E-state index contributed by atoms with van der Waals surface area (Å²) in [5, 5.41) is 0. The average molecular weight is 272 g/mol. The van der Waals surface area contributed by atoms with Crippen molar-refractivity contribution in [2.45, 2.75) is 66.7 Å². The molecule has 0 saturated heterocycles. The highest BCUT2D eigenvalue weighted by Crippen LogP contribution is 2.39. The molecule has 0 heteroatoms. The van der Waals surface area contributed by atoms with E-state index in [-0.39, 0.29) is 5.41 Å². The van der Waals surface area contributed by atoms with Gasteiger partial charge in [-0.3, -0.25) is 0 Å². The van der Waals surface area contributed by atoms with Gasteiger partial charge in [0.2, 0.25) is 0 Å². The lowest BCUT2D eigenvalue weighted by atomic mass is 9.71. The van der Waals surface area contributed by atoms with Crippen molar-refractivity contribution in [3.8, 4) is 0 Å². The summed E-state index contributed by atoms with van der Waals surface area (Å²) in [7, 11) is 0. The largest absolute Gasteiger partial charge is 0.103 e. The van der Waals surface area contributed by atoms with Crippen LogP contribution >= 0.6 is 0 Å². The molecule has 0 saturated carbocycles. The van der Waals surface area contributed by atoms with Gasteiger partial charge in [0.25, 0.3) is 0 Å². The van der Waals surface area contributed by atoms with Gasteiger partial charge in [-0.25, -0.2) is 0 Å². The van der Waals surface area contributed by atoms with E-state index in [1.54, 1.807) is 5.57 Å². The summed E-state index contributed by atoms with van der Waals surface area (Å²) in [6.07, 6.45) is 15.4. The molecule has 0 fully saturated rings. The molecule has 0 heterocycles. The third-order valence-corrected chi connectivity index (χ3v) is 4.62. The Hall–Kier alpha value is -1.04. The molecule has 1 aliphatic rings. The molecule has 0 aliphatic heterocycles. The van der Waals surface area contributed by atoms with Crippen LogP contribution in [-0.4, -0.2) is 0 Å². The van der Waals surface area contributed by atoms with E-state index >= 15 is 0 Å². The number of rotatable bonds is 2. The highest BCUT2D eigenvalue weighted by molar-refractivity contribution is 5.14. The molecule has 0 nitrogen and oxygen atoms in total. The first-order valence-corrected chi connectivity index (χ1v) is 7.97. The quantitative estimate of drug-likeness (QED) is 0.496. The molecule has 1 rings (SSSR count). The Morgan fingerprint density at radius 3 is 2.45 bits per heavy atom. The van der Waals surface area contributed by atoms with Crippen LogP contribution in [0.25, 0.3) is 0 Å². The lowest BCUT2D eigenvalue weighted by molar-refractivity contribution is 0.294. The lowest BCUT2D eigenvalue weighted by Crippen LogP contribution is -2.23. The first-order valence-electron chi connectivity index (χ1n) is 7.97. The van der Waals surface area contributed by atoms with E-state index in [0.29, 0.717) is 5.92 Å². The molecule has 0 aromatic heterocycles. The highest BCUT2D eigenvalue weighted by atomic mass is 14.3. The van der Waals surface area contributed by atoms with Crippen LogP contribution in [-0.2, 0) is 0 Å². The minimum atomic E-state index is 0.170. The van der Waals surface area contributed by atoms with Crippen LogP contribution in [0, 0.1) is 11.3 Å². The van der Waals surface area contributed by atoms with Crippen LogP contribution in [0.1, 0.15) is 66.7 Å². The number of hydrogen-bond donors (Lipinski definition) is 0. The zero-order chi connectivity index (χ0) is 15.2. The van der Waals surface area contributed by atoms with Gasteiger partial charge in [-0.1, -0.05) is 47.9 Å². The van der Waals surface area contributed by atoms with Crippen molar-refractivity contribution in [2.75, 3.05) is 0 Å². The summed E-state index contributed by atoms with van der Waals surface area (Å²) < 4.78 is 0. The highest BCUT2D eigenvalue weighted by Gasteiger charge is 2.28. The third kappa shape index (κ3) is 5.15. The maximum atomic E-state index is 4.13. The smallest absolute Gasteiger partial charge is 0.00517 e. The van der Waals surface area contributed by atoms with E-state index in [4.69, 9.17) is 0 Å². The van der Waals surface area contributed by atoms with E-state index in [0.717, 1.165) is 6.42 Å². The van der Waals surface area contributed by atoms with Crippen LogP contribution < -0.4 is 0 Å². The van der Waals surface area contributed by atoms with E-state index in [1.165, 1.54) is 36.8 Å². The van der Waals surface area contributed by atoms with E-state index in [1.807, 2.05) is 0 Å². The summed E-state index contributed by atoms with van der Waals surface area (Å²) >= 11 is 0. The minimum absolute atomic E-state index is 0.170. The average Bonchev–Trinajstić information content (AvgIpc) is 2.41. The Morgan fingerprint density at radius 2 is 1.85 bits per heavy atom. The second-order valence-electron chi connectivity index (χ2n) is 6.94. The van der Waals surface area contributed by atoms with Gasteiger partial charge in [0, 0.05) is 0 Å². The molecule has 0 spiro atoms. The Kier molecular flexibility index (Phi) is 6.52. The lowest BCUT2D eigenvalue weighted by Gasteiger charge is -2.33. The summed E-state index contributed by atoms with van der Waals surface area (Å²) in [5.41, 5.74) is 4.64. The second kappa shape index (κ2) is 7.67. The standard InChI is InChI=1S/C20H32/c1-7-20(6)14-13-18(5)10-8-9-17(4)11-12-19(20)15-16(2)3/h7,9,13,15,19H,1,8,10-12,14H2,2-6H3/b17-9+,18-13+/t19-,20+/m1/s1. The summed E-state index contributed by atoms with van der Waals surface area (Å²) in [5.74, 6) is 0.579. The molecule has 0 radical (unpaired) electrons. The Bertz CT molecular complexity index is 415. The Balaban J connectivity index is 3.10. The molecular formula is C20H32. The first kappa shape index (κ1) is 17.0. The fourth-order valence-electron chi connectivity index (χ4n) is 2.92. The molecule has 0 aromatic rings. The van der Waals surface area contributed by atoms with Gasteiger partial charge in [-0.05, 0) is 71.1 Å². The Labute approximate surface area is 126 Å². The van der Waals surface area contributed by atoms with Crippen molar-refractivity contribution in [2.24, 2.45) is 11.3 Å². The molecule has 0 N–H and O–H groups in total. The van der Waals surface area contributed by atoms with Crippen molar-refractivity contribution in [1.82, 2.24) is 0 Å². The number of allylic oxidation sites excluding steroid dienone is 7. The fraction of sp³-hybridized carbons (Fsp3) is 0.600. The van der Waals surface area contributed by atoms with Gasteiger partial charge < -0.3 is 0 Å². The van der Waals surface area contributed by atoms with Crippen LogP contribution in [0.4, 0.5) is 0 Å². The summed E-state index contributed by atoms with van der Waals surface area (Å²) in [6, 6.07) is 0. The molecule has 20 heavy (non-hydrogen) atoms. The molecule has 0 unspecified atom stereocenters. The van der Waals surface area contributed by atoms with Crippen molar-refractivity contribution in [1.29, 1.82) is 0 Å². The number of hydrogen-bond acceptors (Lipinski definition) is 0. The molecule has 0 amide bonds. The zero-order valence-electron chi connectivity index (χ0n) is 14.1. The molecule has 112 valence electrons. The fourth-order valence-corrected chi connectivity index (χ4v) is 2.92. The van der Waals surface area contributed by atoms with Gasteiger partial charge in [0.1, 0.15) is 0 Å². The summed E-state index contributed by atoms with van der Waals surface area (Å²) in [6.45, 7) is 15.5. The monoisotopic (exact) mass is 272 g/mol. The SMILES string of the molecule is C=C[C@@]1(C)C/C=C(\C)CC/C=C(\C)CC[C@@H]1C=C(C)C. The molecule has 0 bridgehead atoms. The molecule has 2 atom stereocenters. The first-order chi connectivity index (χ1) is 9.37. The van der Waals surface area contributed by atoms with Crippen LogP contribution in [0.2, 0.25) is 0 Å². The van der Waals surface area contributed by atoms with Crippen molar-refractivity contribution in [3.63, 3.8) is 0 Å². The van der Waals surface area contributed by atoms with Crippen molar-refractivity contribution in [3.05, 3.63) is 47.6 Å². The third-order valence-electron chi connectivity index (χ3n) is 4.62. The van der Waals surface area contributed by atoms with E-state index in [2.05, 4.69) is 65.5 Å². The zero-order valence-corrected chi connectivity index (χ0v) is 14.1.